The molecule has 1 aliphatic rings. The Kier molecular flexibility index (Phi) is 6.48. The molecule has 0 radical (unpaired) electrons. The van der Waals surface area contributed by atoms with Gasteiger partial charge in [0, 0.05) is 23.6 Å². The summed E-state index contributed by atoms with van der Waals surface area (Å²) in [5, 5.41) is 20.2. The maximum absolute atomic E-state index is 10.1. The Morgan fingerprint density at radius 3 is 1.62 bits per heavy atom. The van der Waals surface area contributed by atoms with E-state index < -0.39 is 0 Å². The molecule has 0 saturated heterocycles. The van der Waals surface area contributed by atoms with E-state index in [0.29, 0.717) is 20.1 Å². The summed E-state index contributed by atoms with van der Waals surface area (Å²) in [4.78, 5) is 9.40. The van der Waals surface area contributed by atoms with Crippen LogP contribution in [0.3, 0.4) is 0 Å². The molecule has 3 rings (SSSR count). The number of rotatable bonds is 4. The molecule has 0 unspecified atom stereocenters. The fourth-order valence-electron chi connectivity index (χ4n) is 3.06. The molecule has 0 aromatic heterocycles. The molecule has 6 heteroatoms. The van der Waals surface area contributed by atoms with Gasteiger partial charge in [-0.2, -0.15) is 0 Å². The van der Waals surface area contributed by atoms with Crippen LogP contribution < -0.4 is 0 Å². The van der Waals surface area contributed by atoms with Gasteiger partial charge in [0.1, 0.15) is 11.5 Å². The number of hydrogen-bond acceptors (Lipinski definition) is 4. The lowest BCUT2D eigenvalue weighted by Gasteiger charge is -2.25. The van der Waals surface area contributed by atoms with E-state index in [1.165, 1.54) is 0 Å². The SMILES string of the molecule is Oc1c(Br)cccc1C=N[C@@H]1CCCC[C@H]1N=Cc1cccc(Br)c1O. The predicted molar refractivity (Wildman–Crippen MR) is 113 cm³/mol. The molecule has 0 aliphatic heterocycles. The number of phenols is 2. The first kappa shape index (κ1) is 19.1. The molecule has 0 bridgehead atoms. The van der Waals surface area contributed by atoms with Crippen molar-refractivity contribution < 1.29 is 10.2 Å². The van der Waals surface area contributed by atoms with Gasteiger partial charge in [-0.1, -0.05) is 25.0 Å². The summed E-state index contributed by atoms with van der Waals surface area (Å²) >= 11 is 6.65. The van der Waals surface area contributed by atoms with Gasteiger partial charge < -0.3 is 10.2 Å². The molecule has 2 aromatic carbocycles. The van der Waals surface area contributed by atoms with Gasteiger partial charge in [-0.15, -0.1) is 0 Å². The van der Waals surface area contributed by atoms with Crippen molar-refractivity contribution in [1.29, 1.82) is 0 Å². The number of halogens is 2. The van der Waals surface area contributed by atoms with E-state index in [9.17, 15) is 10.2 Å². The van der Waals surface area contributed by atoms with Crippen LogP contribution in [0.5, 0.6) is 11.5 Å². The van der Waals surface area contributed by atoms with Gasteiger partial charge >= 0.3 is 0 Å². The molecule has 26 heavy (non-hydrogen) atoms. The first-order valence-electron chi connectivity index (χ1n) is 8.57. The van der Waals surface area contributed by atoms with Gasteiger partial charge in [-0.25, -0.2) is 0 Å². The summed E-state index contributed by atoms with van der Waals surface area (Å²) in [5.41, 5.74) is 1.38. The molecule has 1 fully saturated rings. The maximum Gasteiger partial charge on any atom is 0.138 e. The predicted octanol–water partition coefficient (Wildman–Crippen LogP) is 5.47. The zero-order chi connectivity index (χ0) is 18.5. The Morgan fingerprint density at radius 2 is 1.19 bits per heavy atom. The van der Waals surface area contributed by atoms with Gasteiger partial charge in [0.2, 0.25) is 0 Å². The molecule has 1 aliphatic carbocycles. The second kappa shape index (κ2) is 8.82. The van der Waals surface area contributed by atoms with Crippen molar-refractivity contribution in [2.75, 3.05) is 0 Å². The highest BCUT2D eigenvalue weighted by Crippen LogP contribution is 2.29. The van der Waals surface area contributed by atoms with Crippen molar-refractivity contribution in [1.82, 2.24) is 0 Å². The van der Waals surface area contributed by atoms with Crippen LogP contribution in [-0.4, -0.2) is 34.7 Å². The maximum atomic E-state index is 10.1. The minimum Gasteiger partial charge on any atom is -0.506 e. The third-order valence-electron chi connectivity index (χ3n) is 4.54. The summed E-state index contributed by atoms with van der Waals surface area (Å²) < 4.78 is 1.31. The van der Waals surface area contributed by atoms with Crippen molar-refractivity contribution in [2.24, 2.45) is 9.98 Å². The van der Waals surface area contributed by atoms with Gasteiger partial charge in [0.05, 0.1) is 21.0 Å². The largest absolute Gasteiger partial charge is 0.506 e. The molecule has 2 atom stereocenters. The average molecular weight is 480 g/mol. The second-order valence-corrected chi connectivity index (χ2v) is 8.04. The molecule has 1 saturated carbocycles. The average Bonchev–Trinajstić information content (AvgIpc) is 2.65. The lowest BCUT2D eigenvalue weighted by molar-refractivity contribution is 0.390. The molecule has 2 N–H and O–H groups in total. The first-order valence-corrected chi connectivity index (χ1v) is 10.2. The Hall–Kier alpha value is -1.66. The number of hydrogen-bond donors (Lipinski definition) is 2. The van der Waals surface area contributed by atoms with Crippen LogP contribution in [0, 0.1) is 0 Å². The number of phenolic OH excluding ortho intramolecular Hbond substituents is 2. The third-order valence-corrected chi connectivity index (χ3v) is 5.82. The van der Waals surface area contributed by atoms with Crippen LogP contribution in [-0.2, 0) is 0 Å². The second-order valence-electron chi connectivity index (χ2n) is 6.33. The van der Waals surface area contributed by atoms with E-state index >= 15 is 0 Å². The molecular weight excluding hydrogens is 460 g/mol. The Balaban J connectivity index is 1.77. The molecule has 4 nitrogen and oxygen atoms in total. The van der Waals surface area contributed by atoms with Crippen LogP contribution in [0.15, 0.2) is 55.3 Å². The van der Waals surface area contributed by atoms with Crippen molar-refractivity contribution in [3.8, 4) is 11.5 Å². The summed E-state index contributed by atoms with van der Waals surface area (Å²) in [6.07, 6.45) is 7.65. The molecule has 0 spiro atoms. The number of aromatic hydroxyl groups is 2. The van der Waals surface area contributed by atoms with Crippen LogP contribution in [0.2, 0.25) is 0 Å². The zero-order valence-corrected chi connectivity index (χ0v) is 17.3. The summed E-state index contributed by atoms with van der Waals surface area (Å²) in [6, 6.07) is 11.2. The minimum atomic E-state index is 0.0766. The van der Waals surface area contributed by atoms with Gasteiger partial charge in [0.15, 0.2) is 0 Å². The monoisotopic (exact) mass is 478 g/mol. The fraction of sp³-hybridized carbons (Fsp3) is 0.300. The van der Waals surface area contributed by atoms with E-state index in [-0.39, 0.29) is 23.6 Å². The lowest BCUT2D eigenvalue weighted by atomic mass is 9.91. The van der Waals surface area contributed by atoms with E-state index in [0.717, 1.165) is 25.7 Å². The summed E-state index contributed by atoms with van der Waals surface area (Å²) in [7, 11) is 0. The highest BCUT2D eigenvalue weighted by atomic mass is 79.9. The van der Waals surface area contributed by atoms with Crippen molar-refractivity contribution in [2.45, 2.75) is 37.8 Å². The summed E-state index contributed by atoms with van der Waals surface area (Å²) in [6.45, 7) is 0. The topological polar surface area (TPSA) is 65.2 Å². The van der Waals surface area contributed by atoms with E-state index in [1.54, 1.807) is 24.6 Å². The minimum absolute atomic E-state index is 0.0766. The van der Waals surface area contributed by atoms with E-state index in [4.69, 9.17) is 9.98 Å². The zero-order valence-electron chi connectivity index (χ0n) is 14.1. The Morgan fingerprint density at radius 1 is 0.769 bits per heavy atom. The number of aliphatic imine (C=N–C) groups is 2. The van der Waals surface area contributed by atoms with Gasteiger partial charge in [0.25, 0.3) is 0 Å². The number of para-hydroxylation sites is 2. The van der Waals surface area contributed by atoms with Crippen molar-refractivity contribution >= 4 is 44.3 Å². The molecule has 0 amide bonds. The van der Waals surface area contributed by atoms with E-state index in [2.05, 4.69) is 31.9 Å². The molecular formula is C20H20Br2N2O2. The van der Waals surface area contributed by atoms with Crippen molar-refractivity contribution in [3.05, 3.63) is 56.5 Å². The molecule has 136 valence electrons. The smallest absolute Gasteiger partial charge is 0.138 e. The van der Waals surface area contributed by atoms with Crippen LogP contribution >= 0.6 is 31.9 Å². The van der Waals surface area contributed by atoms with Crippen molar-refractivity contribution in [3.63, 3.8) is 0 Å². The van der Waals surface area contributed by atoms with Crippen LogP contribution in [0.4, 0.5) is 0 Å². The quantitative estimate of drug-likeness (QED) is 0.571. The number of nitrogens with zero attached hydrogens (tertiary/aromatic N) is 2. The highest BCUT2D eigenvalue weighted by Gasteiger charge is 2.23. The van der Waals surface area contributed by atoms with Gasteiger partial charge in [-0.05, 0) is 69.0 Å². The first-order chi connectivity index (χ1) is 12.6. The van der Waals surface area contributed by atoms with Crippen LogP contribution in [0.25, 0.3) is 0 Å². The van der Waals surface area contributed by atoms with E-state index in [1.807, 2.05) is 24.3 Å². The Bertz CT molecular complexity index is 767. The lowest BCUT2D eigenvalue weighted by Crippen LogP contribution is -2.27. The highest BCUT2D eigenvalue weighted by molar-refractivity contribution is 9.10. The van der Waals surface area contributed by atoms with Gasteiger partial charge in [-0.3, -0.25) is 9.98 Å². The number of benzene rings is 2. The molecule has 0 heterocycles. The fourth-order valence-corrected chi connectivity index (χ4v) is 3.83. The third kappa shape index (κ3) is 4.54. The standard InChI is InChI=1S/C20H20Br2N2O2/c21-15-7-3-5-13(19(15)25)11-23-17-9-1-2-10-18(17)24-12-14-6-4-8-16(22)20(14)26/h3-8,11-12,17-18,25-26H,1-2,9-10H2/t17-,18-/m1/s1. The summed E-state index contributed by atoms with van der Waals surface area (Å²) in [5.74, 6) is 0.400. The normalized spacial score (nSPS) is 20.8. The van der Waals surface area contributed by atoms with Crippen LogP contribution in [0.1, 0.15) is 36.8 Å². The Labute approximate surface area is 170 Å². The molecule has 2 aromatic rings.